The maximum Gasteiger partial charge on any atom is 0.252 e. The number of rotatable bonds is 8. The van der Waals surface area contributed by atoms with Gasteiger partial charge in [0.1, 0.15) is 0 Å². The third-order valence-corrected chi connectivity index (χ3v) is 27.4. The topological polar surface area (TPSA) is 16.3 Å². The van der Waals surface area contributed by atoms with Crippen LogP contribution in [0.4, 0.5) is 34.1 Å². The Kier molecular flexibility index (Phi) is 18.4. The van der Waals surface area contributed by atoms with Gasteiger partial charge < -0.3 is 18.9 Å². The minimum atomic E-state index is -0.566. The van der Waals surface area contributed by atoms with Crippen LogP contribution in [0.2, 0.25) is 0 Å². The number of benzene rings is 13. The van der Waals surface area contributed by atoms with E-state index in [-0.39, 0.29) is 89.3 Å². The molecule has 2 aliphatic heterocycles. The number of aromatic nitrogens is 2. The van der Waals surface area contributed by atoms with Gasteiger partial charge in [0.25, 0.3) is 6.71 Å². The van der Waals surface area contributed by atoms with Crippen molar-refractivity contribution in [3.8, 4) is 55.9 Å². The maximum absolute atomic E-state index is 10.2. The minimum Gasteiger partial charge on any atom is -0.310 e. The molecule has 2 aliphatic rings. The summed E-state index contributed by atoms with van der Waals surface area (Å²) < 4.78 is 82.1. The van der Waals surface area contributed by atoms with Crippen LogP contribution in [0.3, 0.4) is 0 Å². The number of fused-ring (bicyclic) bond motifs is 10. The highest BCUT2D eigenvalue weighted by Gasteiger charge is 2.48. The molecule has 15 aromatic rings. The van der Waals surface area contributed by atoms with E-state index in [2.05, 4.69) is 431 Å². The van der Waals surface area contributed by atoms with E-state index in [1.807, 2.05) is 6.07 Å². The average molecular weight is 1680 g/mol. The first-order valence-electron chi connectivity index (χ1n) is 50.3. The molecule has 0 aliphatic carbocycles. The molecule has 650 valence electrons. The first kappa shape index (κ1) is 78.4. The summed E-state index contributed by atoms with van der Waals surface area (Å²) in [6.07, 6.45) is 0. The van der Waals surface area contributed by atoms with Gasteiger partial charge in [0.05, 0.1) is 44.4 Å². The van der Waals surface area contributed by atoms with E-state index in [9.17, 15) is 11.0 Å². The van der Waals surface area contributed by atoms with Crippen LogP contribution in [0.25, 0.3) is 99.5 Å². The number of nitrogens with zero attached hydrogens (tertiary/aromatic N) is 4. The second-order valence-electron chi connectivity index (χ2n) is 48.4. The molecule has 0 unspecified atom stereocenters. The van der Waals surface area contributed by atoms with Crippen molar-refractivity contribution in [2.75, 3.05) is 9.80 Å². The molecule has 0 bridgehead atoms. The summed E-state index contributed by atoms with van der Waals surface area (Å²) in [6.45, 7) is 76.1. The van der Waals surface area contributed by atoms with E-state index < -0.39 is 47.1 Å². The molecule has 5 heteroatoms. The minimum absolute atomic E-state index is 0.0145. The molecule has 0 spiro atoms. The van der Waals surface area contributed by atoms with Gasteiger partial charge in [-0.15, -0.1) is 0 Å². The van der Waals surface area contributed by atoms with Crippen LogP contribution in [0, 0.1) is 0 Å². The number of para-hydroxylation sites is 2. The van der Waals surface area contributed by atoms with Crippen LogP contribution >= 0.6 is 0 Å². The SMILES string of the molecule is [2H]c1c([2H])c([2H])c2c(c1[2H])c1c([2H])c([2H])c([2H])c([2H])c1n2-c1ccc2c(c1)N(c1c(-c3ccc(C(C)(C)C)cc3)cc(C(C)(C)C)cc1-c1cc(C(C)(C)C)ccc1C(C)(C)C)c1cc(C(C)(C)C)cc3c1B2c1ccc(-n2c4ccc(C(C)(C)C)cc4c4cc(C(C)(C)C)ccc42)cc1N3c1c(-c2ccc(C(C)(C)C)cc2)cc(C(C)(C)C)cc1-c1ccc(C(C)(C)C)cc1C(C)(C)C. The third kappa shape index (κ3) is 15.6. The van der Waals surface area contributed by atoms with E-state index in [4.69, 9.17) is 0 Å². The Labute approximate surface area is 773 Å². The van der Waals surface area contributed by atoms with Crippen molar-refractivity contribution in [1.29, 1.82) is 0 Å². The standard InChI is InChI=1S/C122H139BN4/c1-112(2,3)76-46-42-74(43-47-76)90-65-82(118(19,20)21)67-95(87-56-50-81(117(16,17)18)69-98(87)122(31,32)33)110(90)126-105-73-86(125-103-60-52-79(115(10,11)12)63-93(103)94-64-80(116(13,14)15)53-61-104(94)125)55-59-99(105)123-100-58-54-85(124-101-40-36-34-38-88(101)89-39-35-37-41-102(89)124)72-106(100)127(108-71-84(120(25,26)27)70-107(126)109(108)123)111-91(75-44-48-77(49-45-75)113(4,5)6)66-83(119(22,23)24)68-96(111)92-62-78(114(7,8)9)51-57-97(92)121(28,29)30/h34-73H,1-33H3/i34D,35D,36D,37D,38D,39D,40D,41D. The van der Waals surface area contributed by atoms with Crippen LogP contribution in [-0.4, -0.2) is 15.8 Å². The zero-order chi connectivity index (χ0) is 98.6. The monoisotopic (exact) mass is 1680 g/mol. The molecule has 17 rings (SSSR count). The van der Waals surface area contributed by atoms with Crippen molar-refractivity contribution < 1.29 is 11.0 Å². The van der Waals surface area contributed by atoms with Gasteiger partial charge in [0.15, 0.2) is 0 Å². The van der Waals surface area contributed by atoms with Crippen molar-refractivity contribution in [1.82, 2.24) is 9.13 Å². The van der Waals surface area contributed by atoms with E-state index >= 15 is 0 Å². The molecule has 0 N–H and O–H groups in total. The van der Waals surface area contributed by atoms with Crippen LogP contribution in [0.1, 0.15) is 301 Å². The fourth-order valence-electron chi connectivity index (χ4n) is 19.6. The zero-order valence-electron chi connectivity index (χ0n) is 90.3. The van der Waals surface area contributed by atoms with Gasteiger partial charge in [-0.2, -0.15) is 0 Å². The molecule has 0 radical (unpaired) electrons. The lowest BCUT2D eigenvalue weighted by molar-refractivity contribution is 0.569. The lowest BCUT2D eigenvalue weighted by Crippen LogP contribution is -2.61. The van der Waals surface area contributed by atoms with Crippen LogP contribution in [-0.2, 0) is 59.6 Å². The molecule has 0 saturated heterocycles. The molecule has 0 amide bonds. The molecule has 4 nitrogen and oxygen atoms in total. The first-order chi connectivity index (χ1) is 62.3. The van der Waals surface area contributed by atoms with E-state index in [0.717, 1.165) is 123 Å². The van der Waals surface area contributed by atoms with E-state index in [1.54, 1.807) is 4.57 Å². The quantitative estimate of drug-likeness (QED) is 0.141. The first-order valence-corrected chi connectivity index (χ1v) is 46.3. The molecule has 127 heavy (non-hydrogen) atoms. The maximum atomic E-state index is 10.2. The molecular formula is C122H139BN4. The normalized spacial score (nSPS) is 14.9. The van der Waals surface area contributed by atoms with Crippen LogP contribution < -0.4 is 26.2 Å². The largest absolute Gasteiger partial charge is 0.310 e. The predicted molar refractivity (Wildman–Crippen MR) is 557 cm³/mol. The van der Waals surface area contributed by atoms with Gasteiger partial charge in [-0.1, -0.05) is 374 Å². The van der Waals surface area contributed by atoms with Gasteiger partial charge >= 0.3 is 0 Å². The zero-order valence-corrected chi connectivity index (χ0v) is 82.3. The lowest BCUT2D eigenvalue weighted by Gasteiger charge is -2.47. The van der Waals surface area contributed by atoms with Crippen LogP contribution in [0.15, 0.2) is 242 Å². The Morgan fingerprint density at radius 1 is 0.220 bits per heavy atom. The summed E-state index contributed by atoms with van der Waals surface area (Å²) >= 11 is 0. The number of hydrogen-bond donors (Lipinski definition) is 0. The molecule has 0 fully saturated rings. The molecular weight excluding hydrogens is 1530 g/mol. The molecule has 2 aromatic heterocycles. The molecule has 13 aromatic carbocycles. The Morgan fingerprint density at radius 2 is 0.535 bits per heavy atom. The fraction of sp³-hybridized carbons (Fsp3) is 0.361. The van der Waals surface area contributed by atoms with Crippen LogP contribution in [0.5, 0.6) is 0 Å². The van der Waals surface area contributed by atoms with Gasteiger partial charge in [-0.3, -0.25) is 0 Å². The third-order valence-electron chi connectivity index (χ3n) is 27.4. The average Bonchev–Trinajstić information content (AvgIpc) is 1.25. The smallest absolute Gasteiger partial charge is 0.252 e. The summed E-state index contributed by atoms with van der Waals surface area (Å²) in [5, 5.41) is 2.40. The van der Waals surface area contributed by atoms with Gasteiger partial charge in [0.2, 0.25) is 0 Å². The Balaban J connectivity index is 1.15. The second-order valence-corrected chi connectivity index (χ2v) is 48.4. The summed E-state index contributed by atoms with van der Waals surface area (Å²) in [4.78, 5) is 5.31. The highest BCUT2D eigenvalue weighted by atomic mass is 15.2. The van der Waals surface area contributed by atoms with Crippen molar-refractivity contribution in [3.63, 3.8) is 0 Å². The summed E-state index contributed by atoms with van der Waals surface area (Å²) in [5.74, 6) is 0. The second kappa shape index (κ2) is 29.9. The summed E-state index contributed by atoms with van der Waals surface area (Å²) in [6, 6.07) is 72.9. The number of anilines is 6. The Morgan fingerprint density at radius 3 is 0.921 bits per heavy atom. The molecule has 0 saturated carbocycles. The van der Waals surface area contributed by atoms with Gasteiger partial charge in [0, 0.05) is 77.9 Å². The summed E-state index contributed by atoms with van der Waals surface area (Å²) in [7, 11) is 0. The highest BCUT2D eigenvalue weighted by molar-refractivity contribution is 7.00. The van der Waals surface area contributed by atoms with Crippen molar-refractivity contribution in [3.05, 3.63) is 304 Å². The Bertz CT molecular complexity index is 7290. The summed E-state index contributed by atoms with van der Waals surface area (Å²) in [5.41, 5.74) is 30.9. The Hall–Kier alpha value is -10.9. The number of hydrogen-bond acceptors (Lipinski definition) is 2. The van der Waals surface area contributed by atoms with E-state index in [0.29, 0.717) is 5.69 Å². The predicted octanol–water partition coefficient (Wildman–Crippen LogP) is 32.9. The van der Waals surface area contributed by atoms with E-state index in [1.165, 1.54) is 60.8 Å². The van der Waals surface area contributed by atoms with Gasteiger partial charge in [-0.05, 0) is 256 Å². The molecule has 4 heterocycles. The molecule has 0 atom stereocenters. The van der Waals surface area contributed by atoms with Crippen molar-refractivity contribution in [2.45, 2.75) is 288 Å². The van der Waals surface area contributed by atoms with Crippen molar-refractivity contribution >= 4 is 101 Å². The highest BCUT2D eigenvalue weighted by Crippen LogP contribution is 2.58. The lowest BCUT2D eigenvalue weighted by atomic mass is 9.33. The van der Waals surface area contributed by atoms with Gasteiger partial charge in [-0.25, -0.2) is 0 Å². The van der Waals surface area contributed by atoms with Crippen molar-refractivity contribution in [2.24, 2.45) is 0 Å². The fourth-order valence-corrected chi connectivity index (χ4v) is 19.6.